The van der Waals surface area contributed by atoms with Gasteiger partial charge in [0.15, 0.2) is 9.79 Å². The first-order valence-corrected chi connectivity index (χ1v) is 11.6. The molecule has 2 aromatic carbocycles. The van der Waals surface area contributed by atoms with Crippen LogP contribution >= 0.6 is 0 Å². The highest BCUT2D eigenvalue weighted by molar-refractivity contribution is 7.90. The van der Waals surface area contributed by atoms with Gasteiger partial charge in [-0.25, -0.2) is 21.6 Å². The van der Waals surface area contributed by atoms with Crippen molar-refractivity contribution in [1.82, 2.24) is 9.03 Å². The summed E-state index contributed by atoms with van der Waals surface area (Å²) in [4.78, 5) is 19.4. The van der Waals surface area contributed by atoms with Gasteiger partial charge in [-0.05, 0) is 12.1 Å². The predicted octanol–water partition coefficient (Wildman–Crippen LogP) is 0.431. The summed E-state index contributed by atoms with van der Waals surface area (Å²) in [6, 6.07) is 9.40. The number of sulfonamides is 2. The lowest BCUT2D eigenvalue weighted by Gasteiger charge is -2.21. The van der Waals surface area contributed by atoms with Gasteiger partial charge < -0.3 is 5.73 Å². The van der Waals surface area contributed by atoms with Gasteiger partial charge in [0.05, 0.1) is 9.85 Å². The second kappa shape index (κ2) is 9.88. The molecule has 0 radical (unpaired) electrons. The number of benzene rings is 2. The molecule has 0 aliphatic rings. The van der Waals surface area contributed by atoms with E-state index in [2.05, 4.69) is 4.72 Å². The van der Waals surface area contributed by atoms with E-state index in [0.717, 1.165) is 28.6 Å². The zero-order valence-corrected chi connectivity index (χ0v) is 17.6. The average Bonchev–Trinajstić information content (AvgIpc) is 2.73. The highest BCUT2D eigenvalue weighted by Gasteiger charge is 2.31. The zero-order chi connectivity index (χ0) is 23.2. The smallest absolute Gasteiger partial charge is 0.289 e. The minimum Gasteiger partial charge on any atom is -0.329 e. The Morgan fingerprint density at radius 1 is 0.839 bits per heavy atom. The number of nitro benzene ring substituents is 2. The minimum atomic E-state index is -4.37. The molecule has 0 bridgehead atoms. The van der Waals surface area contributed by atoms with Crippen LogP contribution in [-0.2, 0) is 20.0 Å². The molecule has 0 aliphatic heterocycles. The number of hydrogen-bond acceptors (Lipinski definition) is 9. The molecular weight excluding hydrogens is 454 g/mol. The van der Waals surface area contributed by atoms with Crippen molar-refractivity contribution in [1.29, 1.82) is 0 Å². The Bertz CT molecular complexity index is 1180. The SMILES string of the molecule is NCCN(CCNS(=O)(=O)c1ccccc1[N+](=O)[O-])S(=O)(=O)c1ccccc1[N+](=O)[O-]. The van der Waals surface area contributed by atoms with Crippen molar-refractivity contribution in [3.05, 3.63) is 68.8 Å². The van der Waals surface area contributed by atoms with Gasteiger partial charge in [0.1, 0.15) is 0 Å². The third-order valence-corrected chi connectivity index (χ3v) is 7.52. The van der Waals surface area contributed by atoms with Crippen molar-refractivity contribution in [3.63, 3.8) is 0 Å². The minimum absolute atomic E-state index is 0.128. The van der Waals surface area contributed by atoms with E-state index < -0.39 is 64.1 Å². The Morgan fingerprint density at radius 3 is 1.84 bits per heavy atom. The highest BCUT2D eigenvalue weighted by Crippen LogP contribution is 2.26. The Morgan fingerprint density at radius 2 is 1.32 bits per heavy atom. The summed E-state index contributed by atoms with van der Waals surface area (Å²) >= 11 is 0. The lowest BCUT2D eigenvalue weighted by Crippen LogP contribution is -2.41. The maximum Gasteiger partial charge on any atom is 0.289 e. The van der Waals surface area contributed by atoms with Crippen molar-refractivity contribution in [2.75, 3.05) is 26.2 Å². The van der Waals surface area contributed by atoms with Crippen LogP contribution in [0.4, 0.5) is 11.4 Å². The van der Waals surface area contributed by atoms with E-state index in [1.165, 1.54) is 24.3 Å². The second-order valence-electron chi connectivity index (χ2n) is 6.04. The summed E-state index contributed by atoms with van der Waals surface area (Å²) in [5.41, 5.74) is 4.18. The highest BCUT2D eigenvalue weighted by atomic mass is 32.2. The lowest BCUT2D eigenvalue weighted by atomic mass is 10.3. The quantitative estimate of drug-likeness (QED) is 0.343. The van der Waals surface area contributed by atoms with E-state index in [-0.39, 0.29) is 13.1 Å². The van der Waals surface area contributed by atoms with E-state index in [1.807, 2.05) is 0 Å². The topological polar surface area (TPSA) is 196 Å². The van der Waals surface area contributed by atoms with Crippen LogP contribution in [0.2, 0.25) is 0 Å². The normalized spacial score (nSPS) is 12.1. The van der Waals surface area contributed by atoms with E-state index in [0.29, 0.717) is 0 Å². The third kappa shape index (κ3) is 5.59. The largest absolute Gasteiger partial charge is 0.329 e. The van der Waals surface area contributed by atoms with E-state index in [9.17, 15) is 37.1 Å². The third-order valence-electron chi connectivity index (χ3n) is 4.06. The summed E-state index contributed by atoms with van der Waals surface area (Å²) in [5.74, 6) is 0. The second-order valence-corrected chi connectivity index (χ2v) is 9.68. The van der Waals surface area contributed by atoms with Gasteiger partial charge in [-0.15, -0.1) is 0 Å². The first kappa shape index (κ1) is 24.3. The summed E-state index contributed by atoms with van der Waals surface area (Å²) in [6.45, 7) is -1.22. The van der Waals surface area contributed by atoms with Gasteiger partial charge in [-0.2, -0.15) is 4.31 Å². The van der Waals surface area contributed by atoms with E-state index in [4.69, 9.17) is 5.73 Å². The lowest BCUT2D eigenvalue weighted by molar-refractivity contribution is -0.388. The number of rotatable bonds is 11. The fourth-order valence-electron chi connectivity index (χ4n) is 2.68. The van der Waals surface area contributed by atoms with Crippen LogP contribution in [0.25, 0.3) is 0 Å². The summed E-state index contributed by atoms with van der Waals surface area (Å²) < 4.78 is 53.7. The molecule has 0 amide bonds. The molecule has 0 atom stereocenters. The van der Waals surface area contributed by atoms with Crippen molar-refractivity contribution < 1.29 is 26.7 Å². The summed E-state index contributed by atoms with van der Waals surface area (Å²) in [5, 5.41) is 22.3. The fourth-order valence-corrected chi connectivity index (χ4v) is 5.48. The molecule has 0 aromatic heterocycles. The van der Waals surface area contributed by atoms with Gasteiger partial charge in [-0.1, -0.05) is 24.3 Å². The molecule has 0 spiro atoms. The number of para-hydroxylation sites is 2. The molecule has 0 saturated heterocycles. The first-order valence-electron chi connectivity index (χ1n) is 8.69. The van der Waals surface area contributed by atoms with Crippen LogP contribution in [0, 0.1) is 20.2 Å². The molecule has 15 heteroatoms. The van der Waals surface area contributed by atoms with Gasteiger partial charge in [0, 0.05) is 38.3 Å². The van der Waals surface area contributed by atoms with Crippen molar-refractivity contribution in [3.8, 4) is 0 Å². The van der Waals surface area contributed by atoms with Gasteiger partial charge in [0.2, 0.25) is 20.0 Å². The molecular formula is C16H19N5O8S2. The van der Waals surface area contributed by atoms with Crippen molar-refractivity contribution in [2.24, 2.45) is 5.73 Å². The average molecular weight is 473 g/mol. The molecule has 2 aromatic rings. The zero-order valence-electron chi connectivity index (χ0n) is 15.9. The maximum atomic E-state index is 12.9. The van der Waals surface area contributed by atoms with Crippen LogP contribution in [-0.4, -0.2) is 57.2 Å². The molecule has 0 fully saturated rings. The van der Waals surface area contributed by atoms with Crippen molar-refractivity contribution >= 4 is 31.4 Å². The molecule has 2 rings (SSSR count). The van der Waals surface area contributed by atoms with E-state index in [1.54, 1.807) is 0 Å². The van der Waals surface area contributed by atoms with Crippen LogP contribution in [0.1, 0.15) is 0 Å². The summed E-state index contributed by atoms with van der Waals surface area (Å²) in [6.07, 6.45) is 0. The van der Waals surface area contributed by atoms with Gasteiger partial charge in [-0.3, -0.25) is 20.2 Å². The van der Waals surface area contributed by atoms with Crippen molar-refractivity contribution in [2.45, 2.75) is 9.79 Å². The molecule has 0 saturated carbocycles. The van der Waals surface area contributed by atoms with Crippen LogP contribution in [0.3, 0.4) is 0 Å². The molecule has 31 heavy (non-hydrogen) atoms. The number of nitrogens with two attached hydrogens (primary N) is 1. The summed E-state index contributed by atoms with van der Waals surface area (Å²) in [7, 11) is -8.71. The predicted molar refractivity (Wildman–Crippen MR) is 109 cm³/mol. The van der Waals surface area contributed by atoms with Crippen LogP contribution in [0.5, 0.6) is 0 Å². The number of nitrogens with zero attached hydrogens (tertiary/aromatic N) is 3. The van der Waals surface area contributed by atoms with Gasteiger partial charge in [0.25, 0.3) is 11.4 Å². The Kier molecular flexibility index (Phi) is 7.75. The Balaban J connectivity index is 2.26. The van der Waals surface area contributed by atoms with E-state index >= 15 is 0 Å². The molecule has 3 N–H and O–H groups in total. The first-order chi connectivity index (χ1) is 14.5. The molecule has 0 aliphatic carbocycles. The van der Waals surface area contributed by atoms with Crippen LogP contribution in [0.15, 0.2) is 58.3 Å². The Labute approximate surface area is 177 Å². The van der Waals surface area contributed by atoms with Crippen LogP contribution < -0.4 is 10.5 Å². The molecule has 13 nitrogen and oxygen atoms in total. The fraction of sp³-hybridized carbons (Fsp3) is 0.250. The molecule has 0 unspecified atom stereocenters. The standard InChI is InChI=1S/C16H19N5O8S2/c17-9-11-19(31(28,29)16-8-4-2-6-14(16)21(24)25)12-10-18-30(26,27)15-7-3-1-5-13(15)20(22)23/h1-8,18H,9-12,17H2. The monoisotopic (exact) mass is 473 g/mol. The number of hydrogen-bond donors (Lipinski definition) is 2. The molecule has 0 heterocycles. The number of nitrogens with one attached hydrogen (secondary N) is 1. The van der Waals surface area contributed by atoms with Gasteiger partial charge >= 0.3 is 0 Å². The number of nitro groups is 2. The maximum absolute atomic E-state index is 12.9. The Hall–Kier alpha value is -2.98. The molecule has 168 valence electrons.